The lowest BCUT2D eigenvalue weighted by molar-refractivity contribution is -0.145. The monoisotopic (exact) mass is 233 g/mol. The van der Waals surface area contributed by atoms with Gasteiger partial charge in [-0.15, -0.1) is 0 Å². The largest absolute Gasteiger partial charge is 0.466 e. The Bertz CT molecular complexity index is 428. The first-order chi connectivity index (χ1) is 8.15. The number of hydrogen-bond acceptors (Lipinski definition) is 3. The fourth-order valence-electron chi connectivity index (χ4n) is 2.52. The standard InChI is InChI=1S/C14H19NO2/c1-4-17-14(16)11-8-9-15(3)12-7-5-6-10(2)13(11)12/h5-7,11H,4,8-9H2,1-3H3. The highest BCUT2D eigenvalue weighted by Crippen LogP contribution is 2.37. The number of benzene rings is 1. The number of carbonyl (C=O) groups is 1. The van der Waals surface area contributed by atoms with Crippen molar-refractivity contribution in [1.82, 2.24) is 0 Å². The molecule has 1 atom stereocenters. The molecule has 3 heteroatoms. The van der Waals surface area contributed by atoms with E-state index in [9.17, 15) is 4.79 Å². The van der Waals surface area contributed by atoms with Gasteiger partial charge in [-0.25, -0.2) is 0 Å². The Hall–Kier alpha value is -1.51. The summed E-state index contributed by atoms with van der Waals surface area (Å²) in [6.45, 7) is 5.27. The minimum absolute atomic E-state index is 0.0869. The Labute approximate surface area is 102 Å². The van der Waals surface area contributed by atoms with Crippen molar-refractivity contribution >= 4 is 11.7 Å². The van der Waals surface area contributed by atoms with E-state index in [4.69, 9.17) is 4.74 Å². The maximum atomic E-state index is 12.0. The highest BCUT2D eigenvalue weighted by Gasteiger charge is 2.30. The summed E-state index contributed by atoms with van der Waals surface area (Å²) in [5.41, 5.74) is 3.47. The zero-order valence-corrected chi connectivity index (χ0v) is 10.7. The molecule has 1 aliphatic rings. The molecule has 1 aromatic rings. The van der Waals surface area contributed by atoms with Crippen LogP contribution in [0.25, 0.3) is 0 Å². The molecule has 92 valence electrons. The molecule has 1 aromatic carbocycles. The number of esters is 1. The van der Waals surface area contributed by atoms with E-state index in [1.807, 2.05) is 13.0 Å². The summed E-state index contributed by atoms with van der Waals surface area (Å²) in [5.74, 6) is -0.182. The molecule has 0 aliphatic carbocycles. The fraction of sp³-hybridized carbons (Fsp3) is 0.500. The molecule has 0 aromatic heterocycles. The van der Waals surface area contributed by atoms with Gasteiger partial charge < -0.3 is 9.64 Å². The average molecular weight is 233 g/mol. The molecule has 1 heterocycles. The van der Waals surface area contributed by atoms with E-state index in [1.165, 1.54) is 5.56 Å². The minimum Gasteiger partial charge on any atom is -0.466 e. The lowest BCUT2D eigenvalue weighted by Gasteiger charge is -2.33. The van der Waals surface area contributed by atoms with Crippen LogP contribution in [0.3, 0.4) is 0 Å². The van der Waals surface area contributed by atoms with Crippen LogP contribution in [0, 0.1) is 6.92 Å². The number of rotatable bonds is 2. The van der Waals surface area contributed by atoms with Crippen LogP contribution < -0.4 is 4.90 Å². The highest BCUT2D eigenvalue weighted by molar-refractivity contribution is 5.82. The van der Waals surface area contributed by atoms with Gasteiger partial charge in [0.2, 0.25) is 0 Å². The topological polar surface area (TPSA) is 29.5 Å². The fourth-order valence-corrected chi connectivity index (χ4v) is 2.52. The van der Waals surface area contributed by atoms with Crippen LogP contribution in [-0.2, 0) is 9.53 Å². The Morgan fingerprint density at radius 2 is 2.29 bits per heavy atom. The molecule has 0 bridgehead atoms. The summed E-state index contributed by atoms with van der Waals surface area (Å²) in [6.07, 6.45) is 0.840. The highest BCUT2D eigenvalue weighted by atomic mass is 16.5. The smallest absolute Gasteiger partial charge is 0.313 e. The average Bonchev–Trinajstić information content (AvgIpc) is 2.31. The molecule has 0 spiro atoms. The van der Waals surface area contributed by atoms with Crippen LogP contribution in [0.1, 0.15) is 30.4 Å². The number of ether oxygens (including phenoxy) is 1. The Morgan fingerprint density at radius 1 is 1.53 bits per heavy atom. The second-order valence-corrected chi connectivity index (χ2v) is 4.52. The molecular formula is C14H19NO2. The van der Waals surface area contributed by atoms with Gasteiger partial charge in [0.25, 0.3) is 0 Å². The molecule has 0 N–H and O–H groups in total. The summed E-state index contributed by atoms with van der Waals surface area (Å²) >= 11 is 0. The van der Waals surface area contributed by atoms with E-state index in [1.54, 1.807) is 0 Å². The Morgan fingerprint density at radius 3 is 3.00 bits per heavy atom. The maximum absolute atomic E-state index is 12.0. The Balaban J connectivity index is 2.41. The first-order valence-electron chi connectivity index (χ1n) is 6.12. The van der Waals surface area contributed by atoms with Crippen molar-refractivity contribution in [2.24, 2.45) is 0 Å². The van der Waals surface area contributed by atoms with Crippen molar-refractivity contribution in [2.75, 3.05) is 25.1 Å². The third-order valence-electron chi connectivity index (χ3n) is 3.39. The number of hydrogen-bond donors (Lipinski definition) is 0. The van der Waals surface area contributed by atoms with Crippen LogP contribution >= 0.6 is 0 Å². The number of anilines is 1. The predicted molar refractivity (Wildman–Crippen MR) is 68.4 cm³/mol. The second kappa shape index (κ2) is 4.78. The van der Waals surface area contributed by atoms with E-state index in [0.29, 0.717) is 6.61 Å². The molecule has 17 heavy (non-hydrogen) atoms. The van der Waals surface area contributed by atoms with E-state index in [-0.39, 0.29) is 11.9 Å². The van der Waals surface area contributed by atoms with Crippen molar-refractivity contribution in [1.29, 1.82) is 0 Å². The van der Waals surface area contributed by atoms with Gasteiger partial charge in [-0.1, -0.05) is 12.1 Å². The molecule has 2 rings (SSSR count). The first-order valence-corrected chi connectivity index (χ1v) is 6.12. The van der Waals surface area contributed by atoms with Gasteiger partial charge in [0.1, 0.15) is 0 Å². The summed E-state index contributed by atoms with van der Waals surface area (Å²) in [6, 6.07) is 6.18. The third-order valence-corrected chi connectivity index (χ3v) is 3.39. The number of fused-ring (bicyclic) bond motifs is 1. The summed E-state index contributed by atoms with van der Waals surface area (Å²) in [4.78, 5) is 14.2. The van der Waals surface area contributed by atoms with Gasteiger partial charge in [-0.05, 0) is 37.5 Å². The molecule has 0 saturated heterocycles. The zero-order chi connectivity index (χ0) is 12.4. The van der Waals surface area contributed by atoms with Gasteiger partial charge >= 0.3 is 5.97 Å². The molecule has 0 amide bonds. The minimum atomic E-state index is -0.0950. The molecule has 1 unspecified atom stereocenters. The lowest BCUT2D eigenvalue weighted by atomic mass is 9.87. The quantitative estimate of drug-likeness (QED) is 0.735. The number of aryl methyl sites for hydroxylation is 1. The van der Waals surface area contributed by atoms with Gasteiger partial charge in [-0.2, -0.15) is 0 Å². The third kappa shape index (κ3) is 2.14. The van der Waals surface area contributed by atoms with E-state index >= 15 is 0 Å². The maximum Gasteiger partial charge on any atom is 0.313 e. The van der Waals surface area contributed by atoms with Crippen molar-refractivity contribution in [2.45, 2.75) is 26.2 Å². The molecule has 0 fully saturated rings. The van der Waals surface area contributed by atoms with Gasteiger partial charge in [0, 0.05) is 19.3 Å². The summed E-state index contributed by atoms with van der Waals surface area (Å²) in [7, 11) is 2.07. The van der Waals surface area contributed by atoms with Crippen molar-refractivity contribution in [3.63, 3.8) is 0 Å². The molecule has 0 saturated carbocycles. The van der Waals surface area contributed by atoms with Crippen LogP contribution in [0.4, 0.5) is 5.69 Å². The van der Waals surface area contributed by atoms with Crippen LogP contribution in [-0.4, -0.2) is 26.2 Å². The van der Waals surface area contributed by atoms with Crippen LogP contribution in [0.5, 0.6) is 0 Å². The van der Waals surface area contributed by atoms with Crippen molar-refractivity contribution in [3.05, 3.63) is 29.3 Å². The van der Waals surface area contributed by atoms with Gasteiger partial charge in [-0.3, -0.25) is 4.79 Å². The second-order valence-electron chi connectivity index (χ2n) is 4.52. The first kappa shape index (κ1) is 12.0. The lowest BCUT2D eigenvalue weighted by Crippen LogP contribution is -2.31. The van der Waals surface area contributed by atoms with Crippen LogP contribution in [0.2, 0.25) is 0 Å². The molecule has 1 aliphatic heterocycles. The zero-order valence-electron chi connectivity index (χ0n) is 10.7. The molecular weight excluding hydrogens is 214 g/mol. The van der Waals surface area contributed by atoms with Gasteiger partial charge in [0.15, 0.2) is 0 Å². The normalized spacial score (nSPS) is 18.8. The SMILES string of the molecule is CCOC(=O)C1CCN(C)c2cccc(C)c21. The number of carbonyl (C=O) groups excluding carboxylic acids is 1. The van der Waals surface area contributed by atoms with Crippen molar-refractivity contribution < 1.29 is 9.53 Å². The molecule has 3 nitrogen and oxygen atoms in total. The summed E-state index contributed by atoms with van der Waals surface area (Å²) in [5, 5.41) is 0. The predicted octanol–water partition coefficient (Wildman–Crippen LogP) is 2.48. The molecule has 0 radical (unpaired) electrons. The van der Waals surface area contributed by atoms with E-state index < -0.39 is 0 Å². The van der Waals surface area contributed by atoms with Crippen LogP contribution in [0.15, 0.2) is 18.2 Å². The van der Waals surface area contributed by atoms with Crippen molar-refractivity contribution in [3.8, 4) is 0 Å². The van der Waals surface area contributed by atoms with Gasteiger partial charge in [0.05, 0.1) is 12.5 Å². The summed E-state index contributed by atoms with van der Waals surface area (Å²) < 4.78 is 5.17. The number of nitrogens with zero attached hydrogens (tertiary/aromatic N) is 1. The Kier molecular flexibility index (Phi) is 3.36. The van der Waals surface area contributed by atoms with E-state index in [2.05, 4.69) is 31.0 Å². The van der Waals surface area contributed by atoms with E-state index in [0.717, 1.165) is 24.2 Å².